The molecule has 1 unspecified atom stereocenters. The van der Waals surface area contributed by atoms with Gasteiger partial charge in [-0.05, 0) is 23.3 Å². The zero-order valence-electron chi connectivity index (χ0n) is 8.30. The minimum atomic E-state index is -0.0993. The van der Waals surface area contributed by atoms with E-state index in [0.717, 1.165) is 19.4 Å². The maximum absolute atomic E-state index is 11.4. The first-order chi connectivity index (χ1) is 7.34. The Hall–Kier alpha value is -1.50. The van der Waals surface area contributed by atoms with Gasteiger partial charge in [-0.2, -0.15) is 0 Å². The molecule has 1 aliphatic heterocycles. The normalized spacial score (nSPS) is 20.4. The summed E-state index contributed by atoms with van der Waals surface area (Å²) < 4.78 is 6.76. The van der Waals surface area contributed by atoms with Crippen LogP contribution in [0.5, 0.6) is 0 Å². The molecule has 7 nitrogen and oxygen atoms in total. The van der Waals surface area contributed by atoms with Crippen LogP contribution in [0.3, 0.4) is 0 Å². The summed E-state index contributed by atoms with van der Waals surface area (Å²) >= 11 is 0. The van der Waals surface area contributed by atoms with Crippen LogP contribution in [-0.2, 0) is 16.1 Å². The summed E-state index contributed by atoms with van der Waals surface area (Å²) in [5.41, 5.74) is 0. The molecule has 2 rings (SSSR count). The van der Waals surface area contributed by atoms with Crippen molar-refractivity contribution in [1.29, 1.82) is 0 Å². The second-order valence-electron chi connectivity index (χ2n) is 3.45. The van der Waals surface area contributed by atoms with Gasteiger partial charge in [0.1, 0.15) is 12.9 Å². The number of carbonyl (C=O) groups is 1. The van der Waals surface area contributed by atoms with E-state index in [-0.39, 0.29) is 18.6 Å². The first-order valence-electron chi connectivity index (χ1n) is 4.93. The predicted molar refractivity (Wildman–Crippen MR) is 49.8 cm³/mol. The minimum absolute atomic E-state index is 0.0993. The minimum Gasteiger partial charge on any atom is -0.376 e. The molecule has 0 aromatic carbocycles. The summed E-state index contributed by atoms with van der Waals surface area (Å²) in [6.07, 6.45) is 3.67. The molecule has 0 saturated carbocycles. The van der Waals surface area contributed by atoms with Crippen molar-refractivity contribution in [1.82, 2.24) is 25.5 Å². The number of hydrogen-bond acceptors (Lipinski definition) is 5. The Balaban J connectivity index is 1.68. The molecule has 0 radical (unpaired) electrons. The Morgan fingerprint density at radius 2 is 2.60 bits per heavy atom. The van der Waals surface area contributed by atoms with Gasteiger partial charge in [0.15, 0.2) is 0 Å². The Morgan fingerprint density at radius 3 is 3.27 bits per heavy atom. The van der Waals surface area contributed by atoms with Crippen molar-refractivity contribution in [3.05, 3.63) is 6.33 Å². The van der Waals surface area contributed by atoms with Crippen molar-refractivity contribution < 1.29 is 9.53 Å². The molecule has 1 aromatic heterocycles. The topological polar surface area (TPSA) is 81.9 Å². The Kier molecular flexibility index (Phi) is 3.23. The maximum Gasteiger partial charge on any atom is 0.241 e. The molecule has 7 heteroatoms. The lowest BCUT2D eigenvalue weighted by Gasteiger charge is -2.10. The molecule has 1 aliphatic rings. The molecule has 82 valence electrons. The van der Waals surface area contributed by atoms with E-state index >= 15 is 0 Å². The van der Waals surface area contributed by atoms with E-state index in [9.17, 15) is 4.79 Å². The number of tetrazole rings is 1. The average Bonchev–Trinajstić information content (AvgIpc) is 2.86. The number of aromatic nitrogens is 4. The van der Waals surface area contributed by atoms with Crippen LogP contribution in [0.2, 0.25) is 0 Å². The molecule has 2 heterocycles. The van der Waals surface area contributed by atoms with Crippen molar-refractivity contribution in [2.75, 3.05) is 13.2 Å². The Bertz CT molecular complexity index is 307. The standard InChI is InChI=1S/C8H13N5O2/c14-8(5-13-6-10-11-12-13)9-4-7-2-1-3-15-7/h6-7H,1-5H2,(H,9,14). The first-order valence-corrected chi connectivity index (χ1v) is 4.93. The van der Waals surface area contributed by atoms with Crippen LogP contribution < -0.4 is 5.32 Å². The lowest BCUT2D eigenvalue weighted by atomic mass is 10.2. The number of nitrogens with one attached hydrogen (secondary N) is 1. The number of hydrogen-bond donors (Lipinski definition) is 1. The number of nitrogens with zero attached hydrogens (tertiary/aromatic N) is 4. The highest BCUT2D eigenvalue weighted by atomic mass is 16.5. The van der Waals surface area contributed by atoms with Crippen LogP contribution in [-0.4, -0.2) is 45.4 Å². The fraction of sp³-hybridized carbons (Fsp3) is 0.750. The smallest absolute Gasteiger partial charge is 0.241 e. The highest BCUT2D eigenvalue weighted by Crippen LogP contribution is 2.10. The largest absolute Gasteiger partial charge is 0.376 e. The third-order valence-corrected chi connectivity index (χ3v) is 2.25. The summed E-state index contributed by atoms with van der Waals surface area (Å²) in [6, 6.07) is 0. The molecule has 0 spiro atoms. The number of amides is 1. The van der Waals surface area contributed by atoms with Gasteiger partial charge < -0.3 is 10.1 Å². The van der Waals surface area contributed by atoms with Crippen LogP contribution in [0.1, 0.15) is 12.8 Å². The van der Waals surface area contributed by atoms with Crippen molar-refractivity contribution >= 4 is 5.91 Å². The van der Waals surface area contributed by atoms with E-state index in [0.29, 0.717) is 6.54 Å². The quantitative estimate of drug-likeness (QED) is 0.688. The van der Waals surface area contributed by atoms with E-state index in [1.807, 2.05) is 0 Å². The second kappa shape index (κ2) is 4.83. The highest BCUT2D eigenvalue weighted by molar-refractivity contribution is 5.75. The Morgan fingerprint density at radius 1 is 1.67 bits per heavy atom. The second-order valence-corrected chi connectivity index (χ2v) is 3.45. The van der Waals surface area contributed by atoms with Gasteiger partial charge in [0, 0.05) is 13.2 Å². The van der Waals surface area contributed by atoms with Crippen LogP contribution >= 0.6 is 0 Å². The van der Waals surface area contributed by atoms with E-state index in [2.05, 4.69) is 20.8 Å². The zero-order valence-corrected chi connectivity index (χ0v) is 8.30. The van der Waals surface area contributed by atoms with Gasteiger partial charge in [0.05, 0.1) is 6.10 Å². The van der Waals surface area contributed by atoms with Crippen LogP contribution in [0, 0.1) is 0 Å². The monoisotopic (exact) mass is 211 g/mol. The molecule has 1 fully saturated rings. The van der Waals surface area contributed by atoms with Crippen molar-refractivity contribution in [2.24, 2.45) is 0 Å². The number of ether oxygens (including phenoxy) is 1. The van der Waals surface area contributed by atoms with Crippen molar-refractivity contribution in [2.45, 2.75) is 25.5 Å². The van der Waals surface area contributed by atoms with E-state index in [1.54, 1.807) is 0 Å². The Labute approximate surface area is 86.8 Å². The fourth-order valence-corrected chi connectivity index (χ4v) is 1.49. The molecule has 1 saturated heterocycles. The molecule has 0 bridgehead atoms. The molecular formula is C8H13N5O2. The van der Waals surface area contributed by atoms with Crippen molar-refractivity contribution in [3.8, 4) is 0 Å². The molecule has 15 heavy (non-hydrogen) atoms. The number of rotatable bonds is 4. The molecule has 0 aliphatic carbocycles. The third kappa shape index (κ3) is 2.98. The molecule has 1 N–H and O–H groups in total. The highest BCUT2D eigenvalue weighted by Gasteiger charge is 2.16. The van der Waals surface area contributed by atoms with Crippen LogP contribution in [0.15, 0.2) is 6.33 Å². The van der Waals surface area contributed by atoms with Crippen molar-refractivity contribution in [3.63, 3.8) is 0 Å². The molecular weight excluding hydrogens is 198 g/mol. The van der Waals surface area contributed by atoms with Crippen LogP contribution in [0.25, 0.3) is 0 Å². The van der Waals surface area contributed by atoms with Gasteiger partial charge in [-0.15, -0.1) is 5.10 Å². The summed E-state index contributed by atoms with van der Waals surface area (Å²) in [5.74, 6) is -0.0993. The van der Waals surface area contributed by atoms with E-state index in [4.69, 9.17) is 4.74 Å². The van der Waals surface area contributed by atoms with Gasteiger partial charge in [-0.1, -0.05) is 0 Å². The number of carbonyl (C=O) groups excluding carboxylic acids is 1. The SMILES string of the molecule is O=C(Cn1cnnn1)NCC1CCCO1. The maximum atomic E-state index is 11.4. The van der Waals surface area contributed by atoms with Gasteiger partial charge in [-0.25, -0.2) is 4.68 Å². The van der Waals surface area contributed by atoms with E-state index in [1.165, 1.54) is 11.0 Å². The molecule has 1 aromatic rings. The predicted octanol–water partition coefficient (Wildman–Crippen LogP) is -1.03. The summed E-state index contributed by atoms with van der Waals surface area (Å²) in [6.45, 7) is 1.52. The van der Waals surface area contributed by atoms with Crippen LogP contribution in [0.4, 0.5) is 0 Å². The average molecular weight is 211 g/mol. The van der Waals surface area contributed by atoms with Gasteiger partial charge >= 0.3 is 0 Å². The summed E-state index contributed by atoms with van der Waals surface area (Å²) in [4.78, 5) is 11.4. The first kappa shape index (κ1) is 10.0. The van der Waals surface area contributed by atoms with E-state index < -0.39 is 0 Å². The fourth-order valence-electron chi connectivity index (χ4n) is 1.49. The van der Waals surface area contributed by atoms with Gasteiger partial charge in [0.2, 0.25) is 5.91 Å². The van der Waals surface area contributed by atoms with Gasteiger partial charge in [-0.3, -0.25) is 4.79 Å². The van der Waals surface area contributed by atoms with Gasteiger partial charge in [0.25, 0.3) is 0 Å². The molecule has 1 atom stereocenters. The third-order valence-electron chi connectivity index (χ3n) is 2.25. The lowest BCUT2D eigenvalue weighted by Crippen LogP contribution is -2.34. The summed E-state index contributed by atoms with van der Waals surface area (Å²) in [7, 11) is 0. The zero-order chi connectivity index (χ0) is 10.5. The lowest BCUT2D eigenvalue weighted by molar-refractivity contribution is -0.122. The summed E-state index contributed by atoms with van der Waals surface area (Å²) in [5, 5.41) is 13.3. The molecule has 1 amide bonds.